The van der Waals surface area contributed by atoms with Crippen molar-refractivity contribution in [2.75, 3.05) is 6.54 Å². The lowest BCUT2D eigenvalue weighted by atomic mass is 10.8. The molecule has 0 radical (unpaired) electrons. The van der Waals surface area contributed by atoms with Gasteiger partial charge >= 0.3 is 16.5 Å². The Morgan fingerprint density at radius 2 is 1.17 bits per heavy atom. The Morgan fingerprint density at radius 1 is 1.08 bits per heavy atom. The molecule has 10 heteroatoms. The first-order valence-electron chi connectivity index (χ1n) is 2.45. The lowest BCUT2D eigenvalue weighted by Crippen LogP contribution is -2.02. The highest BCUT2D eigenvalue weighted by molar-refractivity contribution is 7.31. The summed E-state index contributed by atoms with van der Waals surface area (Å²) in [6, 6.07) is 0. The Bertz CT molecular complexity index is 96.0. The molecule has 74 valence electrons. The number of rotatable bonds is 1. The summed E-state index contributed by atoms with van der Waals surface area (Å²) in [7, 11) is -5.74. The van der Waals surface area contributed by atoms with Crippen LogP contribution >= 0.6 is 16.5 Å². The van der Waals surface area contributed by atoms with Gasteiger partial charge in [0.05, 0.1) is 0 Å². The smallest absolute Gasteiger partial charge is 0.317 e. The highest BCUT2D eigenvalue weighted by atomic mass is 31.1. The SMILES string of the molecule is CCNO.O=[P+](O)O.O=[P+](O)O. The van der Waals surface area contributed by atoms with Gasteiger partial charge in [0.1, 0.15) is 0 Å². The molecule has 0 saturated carbocycles. The molecule has 0 rings (SSSR count). The quantitative estimate of drug-likeness (QED) is 0.251. The third-order valence-electron chi connectivity index (χ3n) is 0.158. The van der Waals surface area contributed by atoms with E-state index in [1.54, 1.807) is 0 Å². The van der Waals surface area contributed by atoms with E-state index in [1.165, 1.54) is 0 Å². The highest BCUT2D eigenvalue weighted by Gasteiger charge is 1.93. The van der Waals surface area contributed by atoms with Crippen molar-refractivity contribution in [2.24, 2.45) is 0 Å². The molecular weight excluding hydrogens is 212 g/mol. The molecule has 0 aromatic heterocycles. The highest BCUT2D eigenvalue weighted by Crippen LogP contribution is 1.98. The monoisotopic (exact) mass is 223 g/mol. The Balaban J connectivity index is -0.000000101. The zero-order valence-electron chi connectivity index (χ0n) is 6.15. The summed E-state index contributed by atoms with van der Waals surface area (Å²) in [5, 5.41) is 7.62. The first-order chi connectivity index (χ1) is 5.38. The maximum atomic E-state index is 8.70. The molecule has 0 aliphatic heterocycles. The van der Waals surface area contributed by atoms with Crippen LogP contribution in [0.25, 0.3) is 0 Å². The van der Waals surface area contributed by atoms with Crippen molar-refractivity contribution in [2.45, 2.75) is 6.92 Å². The van der Waals surface area contributed by atoms with Gasteiger partial charge in [-0.2, -0.15) is 0 Å². The average molecular weight is 223 g/mol. The predicted molar refractivity (Wildman–Crippen MR) is 39.6 cm³/mol. The Kier molecular flexibility index (Phi) is 25.6. The summed E-state index contributed by atoms with van der Waals surface area (Å²) < 4.78 is 17.4. The summed E-state index contributed by atoms with van der Waals surface area (Å²) in [6.07, 6.45) is 0. The van der Waals surface area contributed by atoms with E-state index in [-0.39, 0.29) is 0 Å². The Morgan fingerprint density at radius 3 is 1.17 bits per heavy atom. The topological polar surface area (TPSA) is 147 Å². The first-order valence-corrected chi connectivity index (χ1v) is 4.78. The number of hydrogen-bond acceptors (Lipinski definition) is 4. The molecule has 8 nitrogen and oxygen atoms in total. The largest absolute Gasteiger partial charge is 0.692 e. The van der Waals surface area contributed by atoms with E-state index in [1.807, 2.05) is 12.4 Å². The summed E-state index contributed by atoms with van der Waals surface area (Å²) >= 11 is 0. The van der Waals surface area contributed by atoms with Crippen LogP contribution in [0.2, 0.25) is 0 Å². The average Bonchev–Trinajstić information content (AvgIpc) is 1.85. The first kappa shape index (κ1) is 17.9. The normalized spacial score (nSPS) is 6.83. The van der Waals surface area contributed by atoms with Crippen LogP contribution in [0.4, 0.5) is 0 Å². The maximum absolute atomic E-state index is 8.70. The molecule has 0 bridgehead atoms. The van der Waals surface area contributed by atoms with Gasteiger partial charge in [0.2, 0.25) is 0 Å². The lowest BCUT2D eigenvalue weighted by Gasteiger charge is -1.75. The van der Waals surface area contributed by atoms with Crippen LogP contribution in [0.5, 0.6) is 0 Å². The molecule has 0 aromatic carbocycles. The van der Waals surface area contributed by atoms with Crippen molar-refractivity contribution >= 4 is 16.5 Å². The van der Waals surface area contributed by atoms with E-state index in [0.29, 0.717) is 6.54 Å². The van der Waals surface area contributed by atoms with Crippen LogP contribution in [0.1, 0.15) is 6.92 Å². The van der Waals surface area contributed by atoms with Gasteiger partial charge in [0, 0.05) is 15.7 Å². The summed E-state index contributed by atoms with van der Waals surface area (Å²) in [5.74, 6) is 0. The van der Waals surface area contributed by atoms with Crippen LogP contribution in [0.3, 0.4) is 0 Å². The van der Waals surface area contributed by atoms with Crippen molar-refractivity contribution in [1.82, 2.24) is 5.48 Å². The fourth-order valence-corrected chi connectivity index (χ4v) is 0. The van der Waals surface area contributed by atoms with E-state index < -0.39 is 16.5 Å². The number of nitrogens with one attached hydrogen (secondary N) is 1. The van der Waals surface area contributed by atoms with E-state index in [9.17, 15) is 0 Å². The second kappa shape index (κ2) is 17.2. The molecule has 0 atom stereocenters. The lowest BCUT2D eigenvalue weighted by molar-refractivity contribution is 0.173. The number of hydrogen-bond donors (Lipinski definition) is 6. The Hall–Kier alpha value is -0.0400. The summed E-state index contributed by atoms with van der Waals surface area (Å²) in [6.45, 7) is 2.44. The molecule has 0 saturated heterocycles. The van der Waals surface area contributed by atoms with Crippen molar-refractivity contribution in [1.29, 1.82) is 0 Å². The van der Waals surface area contributed by atoms with Crippen LogP contribution in [0, 0.1) is 0 Å². The van der Waals surface area contributed by atoms with Gasteiger partial charge in [-0.25, -0.2) is 5.48 Å². The third-order valence-corrected chi connectivity index (χ3v) is 0.158. The zero-order chi connectivity index (χ0) is 10.6. The van der Waals surface area contributed by atoms with Crippen molar-refractivity contribution < 1.29 is 33.9 Å². The van der Waals surface area contributed by atoms with Crippen LogP contribution in [0.15, 0.2) is 0 Å². The molecule has 0 amide bonds. The van der Waals surface area contributed by atoms with Gasteiger partial charge < -0.3 is 5.21 Å². The van der Waals surface area contributed by atoms with Crippen LogP contribution < -0.4 is 5.48 Å². The summed E-state index contributed by atoms with van der Waals surface area (Å²) in [5.41, 5.74) is 1.93. The molecule has 0 aliphatic carbocycles. The van der Waals surface area contributed by atoms with Crippen molar-refractivity contribution in [3.63, 3.8) is 0 Å². The van der Waals surface area contributed by atoms with Gasteiger partial charge in [-0.05, 0) is 0 Å². The molecule has 0 heterocycles. The van der Waals surface area contributed by atoms with E-state index in [0.717, 1.165) is 0 Å². The molecule has 0 aromatic rings. The molecule has 0 aliphatic rings. The standard InChI is InChI=1S/C2H7NO.2HO3P/c1-2-3-4;2*1-4(2)3/h3-4H,2H2,1H3;2*(H-,1,2,3)/p+2. The second-order valence-corrected chi connectivity index (χ2v) is 2.03. The van der Waals surface area contributed by atoms with E-state index in [4.69, 9.17) is 33.9 Å². The number of hydroxylamine groups is 1. The maximum Gasteiger partial charge on any atom is 0.692 e. The Labute approximate surface area is 70.3 Å². The molecule has 12 heavy (non-hydrogen) atoms. The minimum Gasteiger partial charge on any atom is -0.317 e. The van der Waals surface area contributed by atoms with Gasteiger partial charge in [0.25, 0.3) is 0 Å². The summed E-state index contributed by atoms with van der Waals surface area (Å²) in [4.78, 5) is 28.5. The zero-order valence-corrected chi connectivity index (χ0v) is 7.94. The van der Waals surface area contributed by atoms with E-state index >= 15 is 0 Å². The van der Waals surface area contributed by atoms with Crippen molar-refractivity contribution in [3.05, 3.63) is 0 Å². The van der Waals surface area contributed by atoms with Gasteiger partial charge in [-0.3, -0.25) is 0 Å². The minimum absolute atomic E-state index is 0.625. The molecule has 0 fully saturated rings. The van der Waals surface area contributed by atoms with E-state index in [2.05, 4.69) is 0 Å². The van der Waals surface area contributed by atoms with Crippen molar-refractivity contribution in [3.8, 4) is 0 Å². The second-order valence-electron chi connectivity index (χ2n) is 1.02. The van der Waals surface area contributed by atoms with Gasteiger partial charge in [-0.15, -0.1) is 19.6 Å². The van der Waals surface area contributed by atoms with Gasteiger partial charge in [-0.1, -0.05) is 6.92 Å². The minimum atomic E-state index is -2.87. The fourth-order valence-electron chi connectivity index (χ4n) is 0. The van der Waals surface area contributed by atoms with Crippen LogP contribution in [-0.4, -0.2) is 31.3 Å². The van der Waals surface area contributed by atoms with Crippen LogP contribution in [-0.2, 0) is 9.13 Å². The van der Waals surface area contributed by atoms with Gasteiger partial charge in [0.15, 0.2) is 0 Å². The molecule has 0 unspecified atom stereocenters. The fraction of sp³-hybridized carbons (Fsp3) is 1.00. The molecule has 6 N–H and O–H groups in total. The third kappa shape index (κ3) is 868. The molecule has 0 spiro atoms. The molecular formula is C2H11NO7P2+2. The predicted octanol–water partition coefficient (Wildman–Crippen LogP) is -0.758.